The van der Waals surface area contributed by atoms with E-state index in [9.17, 15) is 9.59 Å². The number of amides is 2. The minimum absolute atomic E-state index is 0.0189. The third kappa shape index (κ3) is 4.47. The summed E-state index contributed by atoms with van der Waals surface area (Å²) < 4.78 is 5.46. The highest BCUT2D eigenvalue weighted by Gasteiger charge is 2.41. The molecule has 114 valence electrons. The Hall–Kier alpha value is -1.10. The SMILES string of the molecule is CC(C)COCCCNC(=O)C1CC(=O)N(C2CC2)C1. The standard InChI is InChI=1S/C15H26N2O3/c1-11(2)10-20-7-3-6-16-15(19)12-8-14(18)17(9-12)13-4-5-13/h11-13H,3-10H2,1-2H3,(H,16,19). The van der Waals surface area contributed by atoms with Crippen LogP contribution in [0.25, 0.3) is 0 Å². The molecule has 1 saturated carbocycles. The summed E-state index contributed by atoms with van der Waals surface area (Å²) in [7, 11) is 0. The molecule has 0 aromatic heterocycles. The highest BCUT2D eigenvalue weighted by Crippen LogP contribution is 2.32. The molecule has 1 saturated heterocycles. The van der Waals surface area contributed by atoms with Gasteiger partial charge in [0.15, 0.2) is 0 Å². The maximum Gasteiger partial charge on any atom is 0.225 e. The summed E-state index contributed by atoms with van der Waals surface area (Å²) in [6.45, 7) is 6.91. The summed E-state index contributed by atoms with van der Waals surface area (Å²) in [5.41, 5.74) is 0. The van der Waals surface area contributed by atoms with Crippen molar-refractivity contribution in [3.05, 3.63) is 0 Å². The van der Waals surface area contributed by atoms with E-state index in [-0.39, 0.29) is 17.7 Å². The third-order valence-corrected chi connectivity index (χ3v) is 3.73. The zero-order valence-electron chi connectivity index (χ0n) is 12.6. The maximum absolute atomic E-state index is 12.0. The Morgan fingerprint density at radius 1 is 1.45 bits per heavy atom. The van der Waals surface area contributed by atoms with Gasteiger partial charge in [-0.25, -0.2) is 0 Å². The van der Waals surface area contributed by atoms with Crippen molar-refractivity contribution in [1.29, 1.82) is 0 Å². The largest absolute Gasteiger partial charge is 0.381 e. The first kappa shape index (κ1) is 15.3. The number of hydrogen-bond donors (Lipinski definition) is 1. The molecule has 1 N–H and O–H groups in total. The van der Waals surface area contributed by atoms with Gasteiger partial charge in [-0.2, -0.15) is 0 Å². The van der Waals surface area contributed by atoms with Gasteiger partial charge in [-0.05, 0) is 25.2 Å². The number of carbonyl (C=O) groups excluding carboxylic acids is 2. The number of ether oxygens (including phenoxy) is 1. The molecule has 2 aliphatic rings. The van der Waals surface area contributed by atoms with Crippen LogP contribution in [0.4, 0.5) is 0 Å². The lowest BCUT2D eigenvalue weighted by atomic mass is 10.1. The van der Waals surface area contributed by atoms with Gasteiger partial charge in [0.2, 0.25) is 11.8 Å². The van der Waals surface area contributed by atoms with Crippen molar-refractivity contribution in [2.24, 2.45) is 11.8 Å². The monoisotopic (exact) mass is 282 g/mol. The van der Waals surface area contributed by atoms with E-state index in [2.05, 4.69) is 19.2 Å². The minimum atomic E-state index is -0.153. The van der Waals surface area contributed by atoms with E-state index >= 15 is 0 Å². The van der Waals surface area contributed by atoms with Gasteiger partial charge >= 0.3 is 0 Å². The number of nitrogens with one attached hydrogen (secondary N) is 1. The molecule has 1 atom stereocenters. The summed E-state index contributed by atoms with van der Waals surface area (Å²) in [5, 5.41) is 2.92. The van der Waals surface area contributed by atoms with Gasteiger partial charge < -0.3 is 15.0 Å². The van der Waals surface area contributed by atoms with E-state index in [1.165, 1.54) is 0 Å². The highest BCUT2D eigenvalue weighted by molar-refractivity contribution is 5.89. The molecule has 0 aromatic carbocycles. The molecule has 1 heterocycles. The smallest absolute Gasteiger partial charge is 0.225 e. The van der Waals surface area contributed by atoms with E-state index in [0.717, 1.165) is 25.9 Å². The van der Waals surface area contributed by atoms with E-state index in [0.29, 0.717) is 38.1 Å². The lowest BCUT2D eigenvalue weighted by Gasteiger charge is -2.15. The van der Waals surface area contributed by atoms with Gasteiger partial charge in [-0.3, -0.25) is 9.59 Å². The topological polar surface area (TPSA) is 58.6 Å². The second-order valence-electron chi connectivity index (χ2n) is 6.29. The third-order valence-electron chi connectivity index (χ3n) is 3.73. The lowest BCUT2D eigenvalue weighted by molar-refractivity contribution is -0.129. The van der Waals surface area contributed by atoms with E-state index < -0.39 is 0 Å². The molecular formula is C15H26N2O3. The number of likely N-dealkylation sites (tertiary alicyclic amines) is 1. The van der Waals surface area contributed by atoms with Crippen LogP contribution in [0.2, 0.25) is 0 Å². The Kier molecular flexibility index (Phi) is 5.40. The predicted octanol–water partition coefficient (Wildman–Crippen LogP) is 1.18. The molecule has 2 amide bonds. The molecule has 1 aliphatic carbocycles. The zero-order chi connectivity index (χ0) is 14.5. The van der Waals surface area contributed by atoms with Crippen molar-refractivity contribution in [2.45, 2.75) is 45.6 Å². The second kappa shape index (κ2) is 7.07. The van der Waals surface area contributed by atoms with Crippen LogP contribution in [-0.2, 0) is 14.3 Å². The van der Waals surface area contributed by atoms with Crippen molar-refractivity contribution >= 4 is 11.8 Å². The summed E-state index contributed by atoms with van der Waals surface area (Å²) in [5.74, 6) is 0.556. The Bertz CT molecular complexity index is 353. The lowest BCUT2D eigenvalue weighted by Crippen LogP contribution is -2.34. The van der Waals surface area contributed by atoms with Crippen LogP contribution in [-0.4, -0.2) is 49.1 Å². The van der Waals surface area contributed by atoms with Crippen LogP contribution < -0.4 is 5.32 Å². The van der Waals surface area contributed by atoms with Crippen LogP contribution in [0.1, 0.15) is 39.5 Å². The van der Waals surface area contributed by atoms with Crippen molar-refractivity contribution in [2.75, 3.05) is 26.3 Å². The van der Waals surface area contributed by atoms with Crippen molar-refractivity contribution < 1.29 is 14.3 Å². The van der Waals surface area contributed by atoms with Gasteiger partial charge in [0.05, 0.1) is 5.92 Å². The summed E-state index contributed by atoms with van der Waals surface area (Å²) >= 11 is 0. The molecule has 0 bridgehead atoms. The van der Waals surface area contributed by atoms with Crippen LogP contribution >= 0.6 is 0 Å². The molecule has 0 aromatic rings. The maximum atomic E-state index is 12.0. The van der Waals surface area contributed by atoms with Gasteiger partial charge in [0.1, 0.15) is 0 Å². The Balaban J connectivity index is 1.57. The van der Waals surface area contributed by atoms with Crippen LogP contribution in [0, 0.1) is 11.8 Å². The van der Waals surface area contributed by atoms with Gasteiger partial charge in [0, 0.05) is 38.8 Å². The fourth-order valence-corrected chi connectivity index (χ4v) is 2.50. The molecule has 1 aliphatic heterocycles. The first-order valence-corrected chi connectivity index (χ1v) is 7.73. The zero-order valence-corrected chi connectivity index (χ0v) is 12.6. The molecular weight excluding hydrogens is 256 g/mol. The van der Waals surface area contributed by atoms with E-state index in [1.54, 1.807) is 0 Å². The number of hydrogen-bond acceptors (Lipinski definition) is 3. The average molecular weight is 282 g/mol. The first-order valence-electron chi connectivity index (χ1n) is 7.73. The van der Waals surface area contributed by atoms with Crippen LogP contribution in [0.15, 0.2) is 0 Å². The second-order valence-corrected chi connectivity index (χ2v) is 6.29. The molecule has 2 fully saturated rings. The fraction of sp³-hybridized carbons (Fsp3) is 0.867. The number of rotatable bonds is 8. The molecule has 0 radical (unpaired) electrons. The van der Waals surface area contributed by atoms with Gasteiger partial charge in [-0.1, -0.05) is 13.8 Å². The van der Waals surface area contributed by atoms with Crippen molar-refractivity contribution in [1.82, 2.24) is 10.2 Å². The first-order chi connectivity index (χ1) is 9.58. The highest BCUT2D eigenvalue weighted by atomic mass is 16.5. The molecule has 0 spiro atoms. The van der Waals surface area contributed by atoms with Crippen LogP contribution in [0.5, 0.6) is 0 Å². The van der Waals surface area contributed by atoms with Crippen molar-refractivity contribution in [3.8, 4) is 0 Å². The average Bonchev–Trinajstić information content (AvgIpc) is 3.16. The summed E-state index contributed by atoms with van der Waals surface area (Å²) in [6.07, 6.45) is 3.41. The van der Waals surface area contributed by atoms with Crippen molar-refractivity contribution in [3.63, 3.8) is 0 Å². The molecule has 20 heavy (non-hydrogen) atoms. The quantitative estimate of drug-likeness (QED) is 0.680. The fourth-order valence-electron chi connectivity index (χ4n) is 2.50. The summed E-state index contributed by atoms with van der Waals surface area (Å²) in [6, 6.07) is 0.421. The normalized spacial score (nSPS) is 22.6. The van der Waals surface area contributed by atoms with Crippen LogP contribution in [0.3, 0.4) is 0 Å². The predicted molar refractivity (Wildman–Crippen MR) is 76.1 cm³/mol. The van der Waals surface area contributed by atoms with E-state index in [4.69, 9.17) is 4.74 Å². The van der Waals surface area contributed by atoms with E-state index in [1.807, 2.05) is 4.90 Å². The van der Waals surface area contributed by atoms with Gasteiger partial charge in [-0.15, -0.1) is 0 Å². The Morgan fingerprint density at radius 3 is 2.85 bits per heavy atom. The Labute approximate surface area is 121 Å². The van der Waals surface area contributed by atoms with Gasteiger partial charge in [0.25, 0.3) is 0 Å². The Morgan fingerprint density at radius 2 is 2.20 bits per heavy atom. The molecule has 5 nitrogen and oxygen atoms in total. The molecule has 1 unspecified atom stereocenters. The number of carbonyl (C=O) groups is 2. The number of nitrogens with zero attached hydrogens (tertiary/aromatic N) is 1. The molecule has 2 rings (SSSR count). The minimum Gasteiger partial charge on any atom is -0.381 e. The molecule has 5 heteroatoms. The summed E-state index contributed by atoms with van der Waals surface area (Å²) in [4.78, 5) is 25.6.